The number of nitrogens with zero attached hydrogens (tertiary/aromatic N) is 3. The number of hydrogen-bond acceptors (Lipinski definition) is 7. The van der Waals surface area contributed by atoms with Crippen LogP contribution in [0.3, 0.4) is 0 Å². The van der Waals surface area contributed by atoms with E-state index in [0.717, 1.165) is 24.3 Å². The van der Waals surface area contributed by atoms with Gasteiger partial charge in [-0.15, -0.1) is 0 Å². The van der Waals surface area contributed by atoms with Gasteiger partial charge in [-0.2, -0.15) is 13.2 Å². The number of non-ortho nitro benzene ring substituents is 2. The lowest BCUT2D eigenvalue weighted by atomic mass is 10.1. The second-order valence-corrected chi connectivity index (χ2v) is 4.83. The Labute approximate surface area is 141 Å². The van der Waals surface area contributed by atoms with Crippen LogP contribution in [0.4, 0.5) is 41.6 Å². The first-order valence-corrected chi connectivity index (χ1v) is 6.56. The number of halogens is 3. The van der Waals surface area contributed by atoms with Gasteiger partial charge in [0.1, 0.15) is 5.69 Å². The summed E-state index contributed by atoms with van der Waals surface area (Å²) in [6, 6.07) is 4.76. The number of nitro groups is 3. The SMILES string of the molecule is O=[N+]([O-])c1cccc(Nc2c([N+](=O)[O-])cc([N+](=O)[O-])cc2C(F)(F)F)c1. The molecule has 0 atom stereocenters. The second-order valence-electron chi connectivity index (χ2n) is 4.83. The molecular weight excluding hydrogens is 365 g/mol. The monoisotopic (exact) mass is 372 g/mol. The van der Waals surface area contributed by atoms with Gasteiger partial charge >= 0.3 is 6.18 Å². The zero-order valence-electron chi connectivity index (χ0n) is 12.4. The van der Waals surface area contributed by atoms with E-state index in [1.54, 1.807) is 0 Å². The highest BCUT2D eigenvalue weighted by atomic mass is 19.4. The molecule has 13 heteroatoms. The molecule has 0 aliphatic carbocycles. The number of nitrogens with one attached hydrogen (secondary N) is 1. The molecule has 0 bridgehead atoms. The highest BCUT2D eigenvalue weighted by Gasteiger charge is 2.39. The Kier molecular flexibility index (Phi) is 4.73. The van der Waals surface area contributed by atoms with Crippen LogP contribution in [0.1, 0.15) is 5.56 Å². The molecule has 0 saturated heterocycles. The maximum absolute atomic E-state index is 13.3. The summed E-state index contributed by atoms with van der Waals surface area (Å²) in [4.78, 5) is 29.4. The van der Waals surface area contributed by atoms with E-state index in [2.05, 4.69) is 5.32 Å². The molecule has 0 amide bonds. The van der Waals surface area contributed by atoms with Gasteiger partial charge in [0, 0.05) is 23.9 Å². The lowest BCUT2D eigenvalue weighted by molar-refractivity contribution is -0.394. The summed E-state index contributed by atoms with van der Waals surface area (Å²) in [5.74, 6) is 0. The standard InChI is InChI=1S/C13H7F3N4O6/c14-13(15,16)10-5-9(19(23)24)6-11(20(25)26)12(10)17-7-2-1-3-8(4-7)18(21)22/h1-6,17H. The van der Waals surface area contributed by atoms with Crippen molar-refractivity contribution in [3.63, 3.8) is 0 Å². The highest BCUT2D eigenvalue weighted by molar-refractivity contribution is 5.76. The predicted molar refractivity (Wildman–Crippen MR) is 81.1 cm³/mol. The Bertz CT molecular complexity index is 915. The predicted octanol–water partition coefficient (Wildman–Crippen LogP) is 4.17. The summed E-state index contributed by atoms with van der Waals surface area (Å²) in [5, 5.41) is 34.7. The van der Waals surface area contributed by atoms with Gasteiger partial charge in [-0.25, -0.2) is 0 Å². The largest absolute Gasteiger partial charge is 0.418 e. The Morgan fingerprint density at radius 2 is 1.46 bits per heavy atom. The summed E-state index contributed by atoms with van der Waals surface area (Å²) < 4.78 is 39.8. The van der Waals surface area contributed by atoms with Crippen molar-refractivity contribution >= 4 is 28.4 Å². The summed E-state index contributed by atoms with van der Waals surface area (Å²) in [7, 11) is 0. The van der Waals surface area contributed by atoms with Crippen LogP contribution in [0.15, 0.2) is 36.4 Å². The maximum atomic E-state index is 13.3. The van der Waals surface area contributed by atoms with Crippen LogP contribution in [0, 0.1) is 30.3 Å². The Morgan fingerprint density at radius 3 is 1.96 bits per heavy atom. The lowest BCUT2D eigenvalue weighted by Crippen LogP contribution is -2.12. The molecule has 2 rings (SSSR count). The molecule has 0 unspecified atom stereocenters. The zero-order chi connectivity index (χ0) is 19.6. The molecule has 0 fully saturated rings. The fourth-order valence-corrected chi connectivity index (χ4v) is 2.06. The molecule has 10 nitrogen and oxygen atoms in total. The first kappa shape index (κ1) is 18.6. The third-order valence-electron chi connectivity index (χ3n) is 3.14. The smallest absolute Gasteiger partial charge is 0.349 e. The Balaban J connectivity index is 2.69. The van der Waals surface area contributed by atoms with Crippen LogP contribution in [-0.2, 0) is 6.18 Å². The molecule has 2 aromatic rings. The van der Waals surface area contributed by atoms with Crippen LogP contribution >= 0.6 is 0 Å². The van der Waals surface area contributed by atoms with Crippen LogP contribution in [-0.4, -0.2) is 14.8 Å². The van der Waals surface area contributed by atoms with Gasteiger partial charge in [-0.05, 0) is 6.07 Å². The summed E-state index contributed by atoms with van der Waals surface area (Å²) in [6.07, 6.45) is -5.15. The molecule has 0 spiro atoms. The van der Waals surface area contributed by atoms with Crippen molar-refractivity contribution in [1.29, 1.82) is 0 Å². The summed E-state index contributed by atoms with van der Waals surface area (Å²) >= 11 is 0. The van der Waals surface area contributed by atoms with Gasteiger partial charge in [0.15, 0.2) is 0 Å². The van der Waals surface area contributed by atoms with E-state index >= 15 is 0 Å². The van der Waals surface area contributed by atoms with Crippen molar-refractivity contribution in [3.05, 3.63) is 72.3 Å². The van der Waals surface area contributed by atoms with Gasteiger partial charge in [0.2, 0.25) is 0 Å². The quantitative estimate of drug-likeness (QED) is 0.613. The third-order valence-corrected chi connectivity index (χ3v) is 3.14. The summed E-state index contributed by atoms with van der Waals surface area (Å²) in [6.45, 7) is 0. The number of anilines is 2. The van der Waals surface area contributed by atoms with Crippen LogP contribution < -0.4 is 5.32 Å². The number of rotatable bonds is 5. The number of nitro benzene ring substituents is 3. The molecule has 0 aliphatic rings. The van der Waals surface area contributed by atoms with E-state index in [1.165, 1.54) is 0 Å². The minimum Gasteiger partial charge on any atom is -0.349 e. The molecule has 0 aromatic heterocycles. The minimum absolute atomic E-state index is 0.146. The Morgan fingerprint density at radius 1 is 0.846 bits per heavy atom. The average Bonchev–Trinajstić information content (AvgIpc) is 2.53. The summed E-state index contributed by atoms with van der Waals surface area (Å²) in [5.41, 5.74) is -5.72. The molecule has 136 valence electrons. The van der Waals surface area contributed by atoms with Crippen LogP contribution in [0.5, 0.6) is 0 Å². The normalized spacial score (nSPS) is 11.0. The molecule has 26 heavy (non-hydrogen) atoms. The van der Waals surface area contributed by atoms with Crippen LogP contribution in [0.25, 0.3) is 0 Å². The van der Waals surface area contributed by atoms with Gasteiger partial charge in [-0.3, -0.25) is 30.3 Å². The van der Waals surface area contributed by atoms with Crippen molar-refractivity contribution in [2.75, 3.05) is 5.32 Å². The number of benzene rings is 2. The van der Waals surface area contributed by atoms with Crippen molar-refractivity contribution in [1.82, 2.24) is 0 Å². The van der Waals surface area contributed by atoms with Crippen LogP contribution in [0.2, 0.25) is 0 Å². The molecule has 0 saturated carbocycles. The zero-order valence-corrected chi connectivity index (χ0v) is 12.4. The van der Waals surface area contributed by atoms with Crippen molar-refractivity contribution < 1.29 is 27.9 Å². The van der Waals surface area contributed by atoms with Gasteiger partial charge in [-0.1, -0.05) is 6.07 Å². The Hall–Kier alpha value is -3.77. The number of hydrogen-bond donors (Lipinski definition) is 1. The van der Waals surface area contributed by atoms with E-state index in [0.29, 0.717) is 6.07 Å². The molecule has 2 aromatic carbocycles. The fourth-order valence-electron chi connectivity index (χ4n) is 2.06. The average molecular weight is 372 g/mol. The van der Waals surface area contributed by atoms with Gasteiger partial charge in [0.05, 0.1) is 26.4 Å². The molecule has 0 heterocycles. The van der Waals surface area contributed by atoms with E-state index in [4.69, 9.17) is 0 Å². The number of alkyl halides is 3. The van der Waals surface area contributed by atoms with Gasteiger partial charge < -0.3 is 5.32 Å². The molecule has 0 radical (unpaired) electrons. The van der Waals surface area contributed by atoms with Crippen molar-refractivity contribution in [2.24, 2.45) is 0 Å². The van der Waals surface area contributed by atoms with E-state index in [9.17, 15) is 43.5 Å². The third kappa shape index (κ3) is 3.82. The van der Waals surface area contributed by atoms with Gasteiger partial charge in [0.25, 0.3) is 17.1 Å². The maximum Gasteiger partial charge on any atom is 0.418 e. The lowest BCUT2D eigenvalue weighted by Gasteiger charge is -2.14. The van der Waals surface area contributed by atoms with E-state index < -0.39 is 49.3 Å². The topological polar surface area (TPSA) is 141 Å². The fraction of sp³-hybridized carbons (Fsp3) is 0.0769. The van der Waals surface area contributed by atoms with E-state index in [1.807, 2.05) is 0 Å². The highest BCUT2D eigenvalue weighted by Crippen LogP contribution is 2.43. The van der Waals surface area contributed by atoms with E-state index in [-0.39, 0.29) is 11.8 Å². The van der Waals surface area contributed by atoms with Crippen molar-refractivity contribution in [3.8, 4) is 0 Å². The first-order chi connectivity index (χ1) is 12.0. The van der Waals surface area contributed by atoms with Crippen molar-refractivity contribution in [2.45, 2.75) is 6.18 Å². The molecule has 0 aliphatic heterocycles. The second kappa shape index (κ2) is 6.62. The first-order valence-electron chi connectivity index (χ1n) is 6.56. The molecular formula is C13H7F3N4O6. The minimum atomic E-state index is -5.15. The molecule has 1 N–H and O–H groups in total.